The molecule has 2 aromatic rings. The summed E-state index contributed by atoms with van der Waals surface area (Å²) < 4.78 is 53.5. The van der Waals surface area contributed by atoms with E-state index in [1.165, 1.54) is 17.9 Å². The second-order valence-corrected chi connectivity index (χ2v) is 5.49. The number of aromatic nitrogens is 2. The van der Waals surface area contributed by atoms with Crippen molar-refractivity contribution in [2.45, 2.75) is 4.90 Å². The van der Waals surface area contributed by atoms with E-state index in [9.17, 15) is 17.2 Å². The molecule has 0 fully saturated rings. The number of nitrogens with one attached hydrogen (secondary N) is 1. The Morgan fingerprint density at radius 2 is 2.00 bits per heavy atom. The van der Waals surface area contributed by atoms with Gasteiger partial charge in [-0.1, -0.05) is 0 Å². The van der Waals surface area contributed by atoms with Crippen LogP contribution in [0.3, 0.4) is 0 Å². The molecule has 1 aromatic carbocycles. The van der Waals surface area contributed by atoms with Gasteiger partial charge in [0.15, 0.2) is 0 Å². The molecule has 0 aliphatic rings. The number of sulfonamides is 1. The zero-order valence-electron chi connectivity index (χ0n) is 9.76. The van der Waals surface area contributed by atoms with E-state index in [-0.39, 0.29) is 10.6 Å². The number of aryl methyl sites for hydroxylation is 1. The highest BCUT2D eigenvalue weighted by Gasteiger charge is 2.19. The molecule has 0 atom stereocenters. The number of halogens is 2. The molecule has 0 saturated heterocycles. The molecule has 0 unspecified atom stereocenters. The molecule has 19 heavy (non-hydrogen) atoms. The minimum absolute atomic E-state index is 0.141. The molecule has 9 heteroatoms. The minimum Gasteiger partial charge on any atom is -0.396 e. The van der Waals surface area contributed by atoms with Crippen molar-refractivity contribution in [3.05, 3.63) is 36.2 Å². The van der Waals surface area contributed by atoms with Gasteiger partial charge in [0.25, 0.3) is 10.0 Å². The van der Waals surface area contributed by atoms with E-state index in [1.54, 1.807) is 0 Å². The maximum absolute atomic E-state index is 13.4. The van der Waals surface area contributed by atoms with E-state index < -0.39 is 27.3 Å². The molecule has 0 saturated carbocycles. The topological polar surface area (TPSA) is 90.0 Å². The Morgan fingerprint density at radius 1 is 1.32 bits per heavy atom. The molecule has 1 heterocycles. The first kappa shape index (κ1) is 13.3. The number of benzene rings is 1. The third-order valence-corrected chi connectivity index (χ3v) is 3.64. The van der Waals surface area contributed by atoms with Crippen LogP contribution in [0.5, 0.6) is 0 Å². The Kier molecular flexibility index (Phi) is 3.14. The van der Waals surface area contributed by atoms with E-state index in [4.69, 9.17) is 5.73 Å². The standard InChI is InChI=1S/C10H10F2N4O2S/c1-16-5-6(4-14-16)19(17,18)15-10-3-9(13)7(11)2-8(10)12/h2-5,15H,13H2,1H3. The molecular formula is C10H10F2N4O2S. The Labute approximate surface area is 107 Å². The molecule has 102 valence electrons. The highest BCUT2D eigenvalue weighted by atomic mass is 32.2. The van der Waals surface area contributed by atoms with E-state index >= 15 is 0 Å². The smallest absolute Gasteiger partial charge is 0.265 e. The summed E-state index contributed by atoms with van der Waals surface area (Å²) in [4.78, 5) is -0.141. The van der Waals surface area contributed by atoms with Crippen LogP contribution in [0.4, 0.5) is 20.2 Å². The maximum Gasteiger partial charge on any atom is 0.265 e. The average Bonchev–Trinajstić information content (AvgIpc) is 2.73. The molecule has 0 amide bonds. The number of rotatable bonds is 3. The molecule has 0 spiro atoms. The number of anilines is 2. The summed E-state index contributed by atoms with van der Waals surface area (Å²) in [6.45, 7) is 0. The molecule has 0 bridgehead atoms. The highest BCUT2D eigenvalue weighted by Crippen LogP contribution is 2.23. The minimum atomic E-state index is -4.00. The highest BCUT2D eigenvalue weighted by molar-refractivity contribution is 7.92. The van der Waals surface area contributed by atoms with Crippen molar-refractivity contribution in [2.75, 3.05) is 10.5 Å². The largest absolute Gasteiger partial charge is 0.396 e. The summed E-state index contributed by atoms with van der Waals surface area (Å²) in [5.41, 5.74) is 4.47. The van der Waals surface area contributed by atoms with Crippen molar-refractivity contribution in [2.24, 2.45) is 7.05 Å². The van der Waals surface area contributed by atoms with Crippen LogP contribution >= 0.6 is 0 Å². The van der Waals surface area contributed by atoms with Crippen molar-refractivity contribution in [3.8, 4) is 0 Å². The van der Waals surface area contributed by atoms with Gasteiger partial charge in [-0.25, -0.2) is 17.2 Å². The van der Waals surface area contributed by atoms with E-state index in [2.05, 4.69) is 5.10 Å². The predicted octanol–water partition coefficient (Wildman–Crippen LogP) is 1.08. The van der Waals surface area contributed by atoms with E-state index in [0.717, 1.165) is 12.3 Å². The lowest BCUT2D eigenvalue weighted by atomic mass is 10.2. The Morgan fingerprint density at radius 3 is 2.58 bits per heavy atom. The van der Waals surface area contributed by atoms with Crippen LogP contribution in [0.2, 0.25) is 0 Å². The van der Waals surface area contributed by atoms with Gasteiger partial charge in [0, 0.05) is 19.3 Å². The Balaban J connectivity index is 2.38. The van der Waals surface area contributed by atoms with Crippen LogP contribution < -0.4 is 10.5 Å². The van der Waals surface area contributed by atoms with Crippen LogP contribution in [0.25, 0.3) is 0 Å². The van der Waals surface area contributed by atoms with Crippen LogP contribution in [0, 0.1) is 11.6 Å². The first-order valence-electron chi connectivity index (χ1n) is 5.05. The SMILES string of the molecule is Cn1cc(S(=O)(=O)Nc2cc(N)c(F)cc2F)cn1. The lowest BCUT2D eigenvalue weighted by Crippen LogP contribution is -2.14. The van der Waals surface area contributed by atoms with Crippen LogP contribution in [0.1, 0.15) is 0 Å². The molecule has 0 aliphatic heterocycles. The predicted molar refractivity (Wildman–Crippen MR) is 64.8 cm³/mol. The summed E-state index contributed by atoms with van der Waals surface area (Å²) >= 11 is 0. The summed E-state index contributed by atoms with van der Waals surface area (Å²) in [5.74, 6) is -2.01. The summed E-state index contributed by atoms with van der Waals surface area (Å²) in [6, 6.07) is 1.38. The van der Waals surface area contributed by atoms with Crippen molar-refractivity contribution in [3.63, 3.8) is 0 Å². The summed E-state index contributed by atoms with van der Waals surface area (Å²) in [5, 5.41) is 3.70. The first-order chi connectivity index (χ1) is 8.79. The van der Waals surface area contributed by atoms with Crippen molar-refractivity contribution >= 4 is 21.4 Å². The first-order valence-corrected chi connectivity index (χ1v) is 6.54. The maximum atomic E-state index is 13.4. The van der Waals surface area contributed by atoms with Crippen LogP contribution in [-0.2, 0) is 17.1 Å². The average molecular weight is 288 g/mol. The lowest BCUT2D eigenvalue weighted by Gasteiger charge is -2.08. The number of hydrogen-bond donors (Lipinski definition) is 2. The van der Waals surface area contributed by atoms with Gasteiger partial charge >= 0.3 is 0 Å². The van der Waals surface area contributed by atoms with Gasteiger partial charge in [-0.2, -0.15) is 5.10 Å². The number of nitrogen functional groups attached to an aromatic ring is 1. The second kappa shape index (κ2) is 4.50. The quantitative estimate of drug-likeness (QED) is 0.827. The van der Waals surface area contributed by atoms with Gasteiger partial charge in [-0.05, 0) is 6.07 Å². The monoisotopic (exact) mass is 288 g/mol. The van der Waals surface area contributed by atoms with E-state index in [0.29, 0.717) is 6.07 Å². The fourth-order valence-corrected chi connectivity index (χ4v) is 2.43. The molecule has 0 aliphatic carbocycles. The molecule has 2 rings (SSSR count). The Bertz CT molecular complexity index is 727. The second-order valence-electron chi connectivity index (χ2n) is 3.81. The number of hydrogen-bond acceptors (Lipinski definition) is 4. The number of nitrogens with zero attached hydrogens (tertiary/aromatic N) is 2. The van der Waals surface area contributed by atoms with Gasteiger partial charge in [0.2, 0.25) is 0 Å². The van der Waals surface area contributed by atoms with Crippen molar-refractivity contribution in [1.29, 1.82) is 0 Å². The molecule has 0 radical (unpaired) electrons. The van der Waals surface area contributed by atoms with Gasteiger partial charge in [0.05, 0.1) is 17.6 Å². The summed E-state index contributed by atoms with van der Waals surface area (Å²) in [6.07, 6.45) is 2.35. The molecular weight excluding hydrogens is 278 g/mol. The van der Waals surface area contributed by atoms with Gasteiger partial charge in [-0.3, -0.25) is 9.40 Å². The normalized spacial score (nSPS) is 11.5. The lowest BCUT2D eigenvalue weighted by molar-refractivity contribution is 0.585. The Hall–Kier alpha value is -2.16. The third kappa shape index (κ3) is 2.65. The van der Waals surface area contributed by atoms with Crippen molar-refractivity contribution < 1.29 is 17.2 Å². The zero-order chi connectivity index (χ0) is 14.2. The zero-order valence-corrected chi connectivity index (χ0v) is 10.6. The summed E-state index contributed by atoms with van der Waals surface area (Å²) in [7, 11) is -2.46. The molecule has 6 nitrogen and oxygen atoms in total. The fourth-order valence-electron chi connectivity index (χ4n) is 1.39. The molecule has 1 aromatic heterocycles. The third-order valence-electron chi connectivity index (χ3n) is 2.32. The van der Waals surface area contributed by atoms with Crippen LogP contribution in [-0.4, -0.2) is 18.2 Å². The van der Waals surface area contributed by atoms with Gasteiger partial charge in [-0.15, -0.1) is 0 Å². The fraction of sp³-hybridized carbons (Fsp3) is 0.100. The number of nitrogens with two attached hydrogens (primary N) is 1. The van der Waals surface area contributed by atoms with Crippen molar-refractivity contribution in [1.82, 2.24) is 9.78 Å². The molecule has 3 N–H and O–H groups in total. The van der Waals surface area contributed by atoms with Crippen LogP contribution in [0.15, 0.2) is 29.4 Å². The van der Waals surface area contributed by atoms with Gasteiger partial charge < -0.3 is 5.73 Å². The van der Waals surface area contributed by atoms with E-state index in [1.807, 2.05) is 4.72 Å². The van der Waals surface area contributed by atoms with Gasteiger partial charge in [0.1, 0.15) is 16.5 Å².